The molecule has 0 fully saturated rings. The molecule has 7 nitrogen and oxygen atoms in total. The van der Waals surface area contributed by atoms with Crippen molar-refractivity contribution in [2.75, 3.05) is 19.4 Å². The first-order valence-electron chi connectivity index (χ1n) is 7.05. The Bertz CT molecular complexity index is 1080. The Morgan fingerprint density at radius 1 is 1.17 bits per heavy atom. The van der Waals surface area contributed by atoms with Gasteiger partial charge in [-0.1, -0.05) is 15.9 Å². The number of hydrogen-bond donors (Lipinski definition) is 2. The number of hydrogen-bond acceptors (Lipinski definition) is 5. The number of aromatic amines is 1. The first-order chi connectivity index (χ1) is 11.4. The van der Waals surface area contributed by atoms with Crippen LogP contribution >= 0.6 is 15.9 Å². The second-order valence-electron chi connectivity index (χ2n) is 5.57. The summed E-state index contributed by atoms with van der Waals surface area (Å²) in [5.41, 5.74) is 1.46. The van der Waals surface area contributed by atoms with Crippen molar-refractivity contribution in [2.24, 2.45) is 0 Å². The van der Waals surface area contributed by atoms with Crippen molar-refractivity contribution in [3.8, 4) is 11.5 Å². The van der Waals surface area contributed by atoms with Crippen LogP contribution in [0.3, 0.4) is 0 Å². The number of benzene rings is 2. The fraction of sp³-hybridized carbons (Fsp3) is 0.133. The second-order valence-corrected chi connectivity index (χ2v) is 8.64. The molecule has 4 rings (SSSR count). The van der Waals surface area contributed by atoms with E-state index in [0.717, 1.165) is 15.4 Å². The molecule has 0 aliphatic carbocycles. The number of nitrogens with zero attached hydrogens (tertiary/aromatic N) is 2. The molecule has 0 bridgehead atoms. The van der Waals surface area contributed by atoms with E-state index in [1.165, 1.54) is 24.5 Å². The average molecular weight is 409 g/mol. The van der Waals surface area contributed by atoms with Crippen molar-refractivity contribution in [2.45, 2.75) is 4.90 Å². The van der Waals surface area contributed by atoms with E-state index < -0.39 is 10.0 Å². The normalized spacial score (nSPS) is 13.3. The molecular weight excluding hydrogens is 396 g/mol. The van der Waals surface area contributed by atoms with Crippen LogP contribution in [0.2, 0.25) is 0 Å². The molecule has 124 valence electrons. The summed E-state index contributed by atoms with van der Waals surface area (Å²) in [7, 11) is -0.555. The fourth-order valence-corrected chi connectivity index (χ4v) is 3.92. The van der Waals surface area contributed by atoms with Gasteiger partial charge in [-0.05, 0) is 24.3 Å². The van der Waals surface area contributed by atoms with Gasteiger partial charge in [0, 0.05) is 24.6 Å². The highest BCUT2D eigenvalue weighted by Gasteiger charge is 2.23. The van der Waals surface area contributed by atoms with Gasteiger partial charge in [0.15, 0.2) is 11.6 Å². The number of H-pyrrole nitrogens is 1. The van der Waals surface area contributed by atoms with E-state index in [4.69, 9.17) is 4.74 Å². The lowest BCUT2D eigenvalue weighted by Gasteiger charge is -2.14. The maximum atomic E-state index is 12.3. The van der Waals surface area contributed by atoms with Crippen molar-refractivity contribution < 1.29 is 13.2 Å². The van der Waals surface area contributed by atoms with E-state index in [2.05, 4.69) is 31.4 Å². The minimum Gasteiger partial charge on any atom is -0.454 e. The summed E-state index contributed by atoms with van der Waals surface area (Å²) in [5, 5.41) is 11.2. The number of ether oxygens (including phenoxy) is 1. The quantitative estimate of drug-likeness (QED) is 0.530. The van der Waals surface area contributed by atoms with Crippen LogP contribution in [-0.4, -0.2) is 37.0 Å². The van der Waals surface area contributed by atoms with Crippen LogP contribution in [0.15, 0.2) is 39.7 Å². The Morgan fingerprint density at radius 3 is 2.71 bits per heavy atom. The summed E-state index contributed by atoms with van der Waals surface area (Å²) < 4.78 is 32.7. The fourth-order valence-electron chi connectivity index (χ4n) is 2.56. The molecule has 0 radical (unpaired) electrons. The molecule has 0 saturated heterocycles. The number of aromatic nitrogens is 2. The summed E-state index contributed by atoms with van der Waals surface area (Å²) in [6, 6.07) is 8.46. The standard InChI is InChI=1S/C15H13BrN4O3S/c1-20(2)24(21,22)9-3-4-10-12(7-9)23-13-6-8(16)5-11-14(13)15(17-10)19-18-11/h3-7H,1-2H3,(H2,17,18,19). The first kappa shape index (κ1) is 15.4. The summed E-state index contributed by atoms with van der Waals surface area (Å²) in [5.74, 6) is 1.65. The van der Waals surface area contributed by atoms with Crippen LogP contribution in [0.1, 0.15) is 0 Å². The third-order valence-electron chi connectivity index (χ3n) is 3.80. The van der Waals surface area contributed by atoms with Gasteiger partial charge in [-0.2, -0.15) is 5.10 Å². The Morgan fingerprint density at radius 2 is 1.96 bits per heavy atom. The van der Waals surface area contributed by atoms with Crippen molar-refractivity contribution >= 4 is 48.4 Å². The lowest BCUT2D eigenvalue weighted by molar-refractivity contribution is 0.487. The van der Waals surface area contributed by atoms with Gasteiger partial charge < -0.3 is 10.1 Å². The molecule has 0 saturated carbocycles. The van der Waals surface area contributed by atoms with Crippen LogP contribution in [-0.2, 0) is 10.0 Å². The highest BCUT2D eigenvalue weighted by atomic mass is 79.9. The van der Waals surface area contributed by atoms with E-state index >= 15 is 0 Å². The zero-order valence-corrected chi connectivity index (χ0v) is 15.2. The average Bonchev–Trinajstić information content (AvgIpc) is 2.83. The highest BCUT2D eigenvalue weighted by molar-refractivity contribution is 9.10. The van der Waals surface area contributed by atoms with Crippen LogP contribution in [0.5, 0.6) is 11.5 Å². The highest BCUT2D eigenvalue weighted by Crippen LogP contribution is 2.44. The number of fused-ring (bicyclic) bond motifs is 1. The monoisotopic (exact) mass is 408 g/mol. The van der Waals surface area contributed by atoms with Crippen LogP contribution < -0.4 is 10.1 Å². The Kier molecular flexibility index (Phi) is 3.34. The summed E-state index contributed by atoms with van der Waals surface area (Å²) in [6.45, 7) is 0. The number of rotatable bonds is 2. The molecule has 24 heavy (non-hydrogen) atoms. The summed E-state index contributed by atoms with van der Waals surface area (Å²) in [4.78, 5) is 0.167. The molecule has 0 unspecified atom stereocenters. The molecule has 0 amide bonds. The SMILES string of the molecule is CN(C)S(=O)(=O)c1ccc2c(c1)Oc1cc(Br)cc3[nH]nc(c13)N2. The molecule has 1 aromatic heterocycles. The van der Waals surface area contributed by atoms with Gasteiger partial charge in [0.25, 0.3) is 0 Å². The third-order valence-corrected chi connectivity index (χ3v) is 6.07. The van der Waals surface area contributed by atoms with E-state index in [9.17, 15) is 8.42 Å². The van der Waals surface area contributed by atoms with Gasteiger partial charge in [0.1, 0.15) is 5.75 Å². The summed E-state index contributed by atoms with van der Waals surface area (Å²) >= 11 is 3.44. The molecular formula is C15H13BrN4O3S. The van der Waals surface area contributed by atoms with Crippen molar-refractivity contribution in [1.82, 2.24) is 14.5 Å². The zero-order valence-electron chi connectivity index (χ0n) is 12.8. The predicted octanol–water partition coefficient (Wildman–Crippen LogP) is 3.43. The molecule has 2 N–H and O–H groups in total. The van der Waals surface area contributed by atoms with E-state index in [1.54, 1.807) is 12.1 Å². The van der Waals surface area contributed by atoms with Gasteiger partial charge in [-0.25, -0.2) is 12.7 Å². The smallest absolute Gasteiger partial charge is 0.242 e. The van der Waals surface area contributed by atoms with E-state index in [1.807, 2.05) is 12.1 Å². The summed E-state index contributed by atoms with van der Waals surface area (Å²) in [6.07, 6.45) is 0. The Hall–Kier alpha value is -2.10. The van der Waals surface area contributed by atoms with Gasteiger partial charge in [0.05, 0.1) is 21.5 Å². The van der Waals surface area contributed by atoms with Crippen molar-refractivity contribution in [1.29, 1.82) is 0 Å². The van der Waals surface area contributed by atoms with Gasteiger partial charge >= 0.3 is 0 Å². The molecule has 3 aromatic rings. The molecule has 2 heterocycles. The van der Waals surface area contributed by atoms with Crippen LogP contribution in [0, 0.1) is 0 Å². The largest absolute Gasteiger partial charge is 0.454 e. The Balaban J connectivity index is 1.90. The minimum absolute atomic E-state index is 0.167. The number of anilines is 2. The van der Waals surface area contributed by atoms with Gasteiger partial charge in [-0.15, -0.1) is 0 Å². The Labute approximate surface area is 146 Å². The zero-order chi connectivity index (χ0) is 17.1. The topological polar surface area (TPSA) is 87.3 Å². The van der Waals surface area contributed by atoms with Crippen LogP contribution in [0.4, 0.5) is 11.5 Å². The van der Waals surface area contributed by atoms with Gasteiger partial charge in [-0.3, -0.25) is 5.10 Å². The number of sulfonamides is 1. The van der Waals surface area contributed by atoms with Gasteiger partial charge in [0.2, 0.25) is 10.0 Å². The molecule has 0 atom stereocenters. The van der Waals surface area contributed by atoms with E-state index in [-0.39, 0.29) is 4.90 Å². The second kappa shape index (κ2) is 5.20. The number of halogens is 1. The molecule has 1 aliphatic rings. The molecule has 1 aliphatic heterocycles. The maximum Gasteiger partial charge on any atom is 0.242 e. The number of nitrogens with one attached hydrogen (secondary N) is 2. The van der Waals surface area contributed by atoms with Crippen LogP contribution in [0.25, 0.3) is 10.9 Å². The molecule has 9 heteroatoms. The molecule has 0 spiro atoms. The lowest BCUT2D eigenvalue weighted by atomic mass is 10.2. The first-order valence-corrected chi connectivity index (χ1v) is 9.28. The minimum atomic E-state index is -3.54. The maximum absolute atomic E-state index is 12.3. The third kappa shape index (κ3) is 2.27. The molecule has 2 aromatic carbocycles. The predicted molar refractivity (Wildman–Crippen MR) is 94.5 cm³/mol. The van der Waals surface area contributed by atoms with Crippen molar-refractivity contribution in [3.63, 3.8) is 0 Å². The lowest BCUT2D eigenvalue weighted by Crippen LogP contribution is -2.22. The van der Waals surface area contributed by atoms with E-state index in [0.29, 0.717) is 23.0 Å². The van der Waals surface area contributed by atoms with Crippen molar-refractivity contribution in [3.05, 3.63) is 34.8 Å².